The lowest BCUT2D eigenvalue weighted by Crippen LogP contribution is -2.28. The van der Waals surface area contributed by atoms with E-state index in [1.54, 1.807) is 48.5 Å². The first-order valence-corrected chi connectivity index (χ1v) is 33.5. The van der Waals surface area contributed by atoms with Gasteiger partial charge in [-0.3, -0.25) is 9.11 Å². The summed E-state index contributed by atoms with van der Waals surface area (Å²) in [5, 5.41) is -0.337. The molecule has 0 saturated heterocycles. The van der Waals surface area contributed by atoms with Crippen molar-refractivity contribution in [3.63, 3.8) is 0 Å². The van der Waals surface area contributed by atoms with Gasteiger partial charge in [-0.2, -0.15) is 52.0 Å². The molecular weight excluding hydrogens is 1520 g/mol. The maximum absolute atomic E-state index is 16.1. The third-order valence-corrected chi connectivity index (χ3v) is 17.7. The quantitative estimate of drug-likeness (QED) is 0.0583. The molecule has 0 aliphatic heterocycles. The van der Waals surface area contributed by atoms with Crippen molar-refractivity contribution in [1.29, 1.82) is 0 Å². The first-order chi connectivity index (χ1) is 49.5. The second kappa shape index (κ2) is 28.5. The zero-order chi connectivity index (χ0) is 76.4. The van der Waals surface area contributed by atoms with Crippen LogP contribution in [0.4, 0.5) is 70.2 Å². The topological polar surface area (TPSA) is 248 Å². The molecule has 0 heterocycles. The van der Waals surface area contributed by atoms with E-state index in [2.05, 4.69) is 0 Å². The molecule has 16 nitrogen and oxygen atoms in total. The molecule has 13 rings (SSSR count). The van der Waals surface area contributed by atoms with Crippen LogP contribution in [0, 0.1) is 93.1 Å². The lowest BCUT2D eigenvalue weighted by atomic mass is 9.68. The molecule has 2 N–H and O–H groups in total. The molecule has 0 saturated carbocycles. The Bertz CT molecular complexity index is 5960. The summed E-state index contributed by atoms with van der Waals surface area (Å²) >= 11 is 0. The zero-order valence-corrected chi connectivity index (χ0v) is 54.2. The lowest BCUT2D eigenvalue weighted by Gasteiger charge is -2.34. The van der Waals surface area contributed by atoms with Gasteiger partial charge in [-0.05, 0) is 98.8 Å². The normalized spacial score (nSPS) is 12.2. The van der Waals surface area contributed by atoms with E-state index in [4.69, 9.17) is 44.2 Å². The SMILES string of the molecule is O=S(=O)(O)c1ccc2c(Oc3c(F)c(F)c(-c4c(F)c(F)c(Oc5ccc(C6(c7ccc(Oc8c(F)c(F)c(-c9c(F)c(F)c(Oc%10cc(S(=O)(=O)O)cc%11ccccc%10%11)c(F)c9F)c(F)c8F)cc7)c7ccccc7-c7ccccc76)cc5)c(F)c4F)c(F)c3F)cccc2c1.O=S(=O)=O.O=S(=O)=O. The third-order valence-electron chi connectivity index (χ3n) is 16.0. The van der Waals surface area contributed by atoms with Crippen LogP contribution in [0.5, 0.6) is 46.0 Å². The van der Waals surface area contributed by atoms with Gasteiger partial charge in [0.05, 0.1) is 37.5 Å². The highest BCUT2D eigenvalue weighted by Crippen LogP contribution is 2.57. The number of hydrogen-bond acceptors (Lipinski definition) is 14. The molecule has 0 aromatic heterocycles. The molecule has 0 amide bonds. The van der Waals surface area contributed by atoms with E-state index in [-0.39, 0.29) is 32.7 Å². The third kappa shape index (κ3) is 13.5. The predicted molar refractivity (Wildman–Crippen MR) is 334 cm³/mol. The van der Waals surface area contributed by atoms with Crippen LogP contribution in [0.2, 0.25) is 0 Å². The van der Waals surface area contributed by atoms with Crippen LogP contribution in [-0.4, -0.2) is 51.2 Å². The minimum Gasteiger partial charge on any atom is -0.451 e. The van der Waals surface area contributed by atoms with Crippen molar-refractivity contribution in [2.75, 3.05) is 0 Å². The average molecular weight is 1550 g/mol. The molecule has 0 fully saturated rings. The van der Waals surface area contributed by atoms with Crippen molar-refractivity contribution in [2.24, 2.45) is 0 Å². The van der Waals surface area contributed by atoms with Gasteiger partial charge in [-0.25, -0.2) is 35.1 Å². The molecule has 1 aliphatic carbocycles. The fourth-order valence-corrected chi connectivity index (χ4v) is 12.7. The van der Waals surface area contributed by atoms with Gasteiger partial charge in [0, 0.05) is 16.8 Å². The van der Waals surface area contributed by atoms with Crippen LogP contribution in [0.3, 0.4) is 0 Å². The van der Waals surface area contributed by atoms with Gasteiger partial charge in [0.25, 0.3) is 20.2 Å². The molecule has 538 valence electrons. The number of benzene rings is 12. The molecule has 1 aliphatic rings. The highest BCUT2D eigenvalue weighted by atomic mass is 32.2. The van der Waals surface area contributed by atoms with E-state index in [1.807, 2.05) is 0 Å². The molecule has 0 spiro atoms. The van der Waals surface area contributed by atoms with Gasteiger partial charge in [-0.15, -0.1) is 25.3 Å². The molecule has 12 aromatic rings. The molecule has 0 bridgehead atoms. The number of fused-ring (bicyclic) bond motifs is 5. The largest absolute Gasteiger partial charge is 0.451 e. The number of hydrogen-bond donors (Lipinski definition) is 2. The van der Waals surface area contributed by atoms with E-state index in [1.165, 1.54) is 54.6 Å². The standard InChI is InChI=1S/C69H30F16O10S2.2O3S/c70-49-45(47-53(74)61(82)67(62(83)54(47)75)94-43-15-7-9-30-26-35(96(86,87)88)24-25-38(30)43)50(71)58(79)65(57(49)78)92-33-20-16-31(17-21-33)69(41-13-5-3-11-39(41)40-12-4-6-14-42(40)69)32-18-22-34(23-19-32)93-66-59(80)51(72)46(52(73)60(66)81)48-55(76)63(84)68(64(85)56(48)77)95-44-28-36(97(89,90)91)27-29-8-1-2-10-37(29)44;2*1-4(2)3/h1-28H,(H,86,87,88)(H,89,90,91);;. The van der Waals surface area contributed by atoms with Crippen LogP contribution in [0.25, 0.3) is 54.9 Å². The second-order valence-electron chi connectivity index (χ2n) is 21.8. The Morgan fingerprint density at radius 2 is 0.590 bits per heavy atom. The minimum atomic E-state index is -5.05. The van der Waals surface area contributed by atoms with E-state index < -0.39 is 218 Å². The summed E-state index contributed by atoms with van der Waals surface area (Å²) in [7, 11) is -16.0. The van der Waals surface area contributed by atoms with Gasteiger partial charge in [0.1, 0.15) is 23.0 Å². The van der Waals surface area contributed by atoms with Gasteiger partial charge in [0.15, 0.2) is 46.5 Å². The van der Waals surface area contributed by atoms with E-state index in [0.717, 1.165) is 60.7 Å². The summed E-state index contributed by atoms with van der Waals surface area (Å²) in [5.41, 5.74) is -7.76. The second-order valence-corrected chi connectivity index (χ2v) is 25.4. The van der Waals surface area contributed by atoms with E-state index in [9.17, 15) is 25.9 Å². The van der Waals surface area contributed by atoms with Crippen LogP contribution in [0.15, 0.2) is 180 Å². The van der Waals surface area contributed by atoms with Crippen LogP contribution in [0.1, 0.15) is 22.3 Å². The van der Waals surface area contributed by atoms with Gasteiger partial charge >= 0.3 is 21.2 Å². The summed E-state index contributed by atoms with van der Waals surface area (Å²) < 4.78 is 393. The van der Waals surface area contributed by atoms with Crippen molar-refractivity contribution < 1.29 is 140 Å². The van der Waals surface area contributed by atoms with Gasteiger partial charge in [0.2, 0.25) is 69.5 Å². The molecule has 12 aromatic carbocycles. The summed E-state index contributed by atoms with van der Waals surface area (Å²) in [4.78, 5) is -1.53. The van der Waals surface area contributed by atoms with Crippen LogP contribution >= 0.6 is 0 Å². The Kier molecular flexibility index (Phi) is 20.2. The average Bonchev–Trinajstić information content (AvgIpc) is 1.56. The fraction of sp³-hybridized carbons (Fsp3) is 0.0145. The highest BCUT2D eigenvalue weighted by molar-refractivity contribution is 7.86. The molecule has 105 heavy (non-hydrogen) atoms. The van der Waals surface area contributed by atoms with Crippen molar-refractivity contribution >= 4 is 63.0 Å². The smallest absolute Gasteiger partial charge is 0.425 e. The van der Waals surface area contributed by atoms with Crippen molar-refractivity contribution in [2.45, 2.75) is 15.2 Å². The fourth-order valence-electron chi connectivity index (χ4n) is 11.7. The number of rotatable bonds is 14. The Morgan fingerprint density at radius 3 is 0.952 bits per heavy atom. The molecule has 0 unspecified atom stereocenters. The van der Waals surface area contributed by atoms with Crippen LogP contribution < -0.4 is 18.9 Å². The summed E-state index contributed by atoms with van der Waals surface area (Å²) in [6.45, 7) is 0. The number of halogens is 16. The Morgan fingerprint density at radius 1 is 0.295 bits per heavy atom. The van der Waals surface area contributed by atoms with Gasteiger partial charge in [-0.1, -0.05) is 109 Å². The first kappa shape index (κ1) is 74.5. The summed E-state index contributed by atoms with van der Waals surface area (Å²) in [5.74, 6) is -50.8. The summed E-state index contributed by atoms with van der Waals surface area (Å²) in [6, 6.07) is 35.8. The van der Waals surface area contributed by atoms with Gasteiger partial charge < -0.3 is 18.9 Å². The minimum absolute atomic E-state index is 0.0365. The first-order valence-electron chi connectivity index (χ1n) is 28.6. The molecular formula is C69H30F16O16S4. The zero-order valence-electron chi connectivity index (χ0n) is 51.0. The van der Waals surface area contributed by atoms with Crippen LogP contribution in [-0.2, 0) is 46.9 Å². The molecule has 0 atom stereocenters. The monoisotopic (exact) mass is 1550 g/mol. The highest BCUT2D eigenvalue weighted by Gasteiger charge is 2.47. The predicted octanol–water partition coefficient (Wildman–Crippen LogP) is 17.6. The maximum Gasteiger partial charge on any atom is 0.425 e. The lowest BCUT2D eigenvalue weighted by molar-refractivity contribution is 0.361. The van der Waals surface area contributed by atoms with E-state index >= 15 is 70.2 Å². The van der Waals surface area contributed by atoms with Crippen molar-refractivity contribution in [3.8, 4) is 79.4 Å². The maximum atomic E-state index is 16.1. The Labute approximate surface area is 580 Å². The Hall–Kier alpha value is -11.7. The summed E-state index contributed by atoms with van der Waals surface area (Å²) in [6.07, 6.45) is 0. The van der Waals surface area contributed by atoms with E-state index in [0.29, 0.717) is 28.3 Å². The van der Waals surface area contributed by atoms with Crippen molar-refractivity contribution in [1.82, 2.24) is 0 Å². The number of ether oxygens (including phenoxy) is 4. The Balaban J connectivity index is 0.00000131. The molecule has 36 heteroatoms. The van der Waals surface area contributed by atoms with Crippen molar-refractivity contribution in [3.05, 3.63) is 285 Å². The molecule has 0 radical (unpaired) electrons.